The molecule has 3 nitrogen and oxygen atoms in total. The van der Waals surface area contributed by atoms with Crippen molar-refractivity contribution in [2.45, 2.75) is 63.5 Å². The highest BCUT2D eigenvalue weighted by molar-refractivity contribution is 5.45. The molecule has 0 aliphatic heterocycles. The fraction of sp³-hybridized carbons (Fsp3) is 0.667. The van der Waals surface area contributed by atoms with Gasteiger partial charge in [-0.2, -0.15) is 0 Å². The number of aliphatic hydroxyl groups is 1. The summed E-state index contributed by atoms with van der Waals surface area (Å²) in [4.78, 5) is 0. The Labute approximate surface area is 127 Å². The van der Waals surface area contributed by atoms with E-state index < -0.39 is 5.60 Å². The molecule has 1 saturated carbocycles. The molecule has 0 spiro atoms. The van der Waals surface area contributed by atoms with E-state index in [1.54, 1.807) is 0 Å². The lowest BCUT2D eigenvalue weighted by Crippen LogP contribution is -2.38. The first-order valence-corrected chi connectivity index (χ1v) is 8.42. The molecule has 0 saturated heterocycles. The number of hydrogen-bond acceptors (Lipinski definition) is 3. The van der Waals surface area contributed by atoms with Crippen molar-refractivity contribution in [1.82, 2.24) is 5.32 Å². The molecule has 21 heavy (non-hydrogen) atoms. The Morgan fingerprint density at radius 1 is 1.29 bits per heavy atom. The number of benzene rings is 1. The third kappa shape index (κ3) is 3.24. The fourth-order valence-electron chi connectivity index (χ4n) is 3.78. The van der Waals surface area contributed by atoms with Gasteiger partial charge in [-0.15, -0.1) is 0 Å². The molecular weight excluding hydrogens is 262 g/mol. The highest BCUT2D eigenvalue weighted by Crippen LogP contribution is 2.37. The van der Waals surface area contributed by atoms with E-state index in [0.717, 1.165) is 50.8 Å². The van der Waals surface area contributed by atoms with Crippen LogP contribution < -0.4 is 10.1 Å². The first-order valence-electron chi connectivity index (χ1n) is 8.42. The van der Waals surface area contributed by atoms with Crippen LogP contribution in [0.15, 0.2) is 18.2 Å². The summed E-state index contributed by atoms with van der Waals surface area (Å²) in [5, 5.41) is 14.1. The number of fused-ring (bicyclic) bond motifs is 1. The predicted molar refractivity (Wildman–Crippen MR) is 84.7 cm³/mol. The summed E-state index contributed by atoms with van der Waals surface area (Å²) in [7, 11) is 0. The highest BCUT2D eigenvalue weighted by atomic mass is 16.5. The minimum Gasteiger partial charge on any atom is -0.490 e. The van der Waals surface area contributed by atoms with E-state index >= 15 is 0 Å². The third-order valence-corrected chi connectivity index (χ3v) is 4.96. The van der Waals surface area contributed by atoms with Gasteiger partial charge in [-0.1, -0.05) is 38.3 Å². The van der Waals surface area contributed by atoms with Gasteiger partial charge in [-0.25, -0.2) is 0 Å². The quantitative estimate of drug-likeness (QED) is 0.873. The predicted octanol–water partition coefficient (Wildman–Crippen LogP) is 3.36. The molecule has 1 unspecified atom stereocenters. The average Bonchev–Trinajstić information content (AvgIpc) is 2.90. The highest BCUT2D eigenvalue weighted by Gasteiger charge is 2.31. The normalized spacial score (nSPS) is 23.8. The smallest absolute Gasteiger partial charge is 0.122 e. The Balaban J connectivity index is 1.69. The molecule has 2 N–H and O–H groups in total. The molecule has 0 amide bonds. The van der Waals surface area contributed by atoms with E-state index in [1.807, 2.05) is 0 Å². The Morgan fingerprint density at radius 2 is 2.10 bits per heavy atom. The van der Waals surface area contributed by atoms with Crippen LogP contribution >= 0.6 is 0 Å². The molecule has 2 aliphatic carbocycles. The molecule has 1 fully saturated rings. The minimum absolute atomic E-state index is 0.440. The van der Waals surface area contributed by atoms with Crippen LogP contribution in [0, 0.1) is 0 Å². The second kappa shape index (κ2) is 6.37. The molecule has 0 radical (unpaired) electrons. The van der Waals surface area contributed by atoms with E-state index in [2.05, 4.69) is 30.4 Å². The van der Waals surface area contributed by atoms with Gasteiger partial charge in [0.2, 0.25) is 0 Å². The van der Waals surface area contributed by atoms with Gasteiger partial charge in [-0.3, -0.25) is 0 Å². The Kier molecular flexibility index (Phi) is 4.51. The second-order valence-corrected chi connectivity index (χ2v) is 6.55. The number of ether oxygens (including phenoxy) is 1. The van der Waals surface area contributed by atoms with Gasteiger partial charge in [0.1, 0.15) is 12.4 Å². The molecule has 1 aromatic rings. The maximum atomic E-state index is 10.6. The van der Waals surface area contributed by atoms with Crippen molar-refractivity contribution in [2.24, 2.45) is 0 Å². The van der Waals surface area contributed by atoms with Gasteiger partial charge in [-0.05, 0) is 49.4 Å². The van der Waals surface area contributed by atoms with Crippen LogP contribution in [-0.4, -0.2) is 23.9 Å². The first-order chi connectivity index (χ1) is 10.2. The van der Waals surface area contributed by atoms with Crippen LogP contribution in [0.25, 0.3) is 0 Å². The Bertz CT molecular complexity index is 480. The van der Waals surface area contributed by atoms with E-state index in [9.17, 15) is 5.11 Å². The summed E-state index contributed by atoms with van der Waals surface area (Å²) >= 11 is 0. The zero-order valence-corrected chi connectivity index (χ0v) is 13.0. The molecule has 1 aromatic carbocycles. The van der Waals surface area contributed by atoms with Crippen molar-refractivity contribution >= 4 is 0 Å². The monoisotopic (exact) mass is 289 g/mol. The topological polar surface area (TPSA) is 41.5 Å². The van der Waals surface area contributed by atoms with Gasteiger partial charge in [0.05, 0.1) is 5.60 Å². The summed E-state index contributed by atoms with van der Waals surface area (Å²) in [5.74, 6) is 0.979. The van der Waals surface area contributed by atoms with Crippen LogP contribution in [0.5, 0.6) is 5.75 Å². The van der Waals surface area contributed by atoms with Crippen LogP contribution in [0.2, 0.25) is 0 Å². The molecule has 2 aliphatic rings. The molecular formula is C18H27NO2. The maximum absolute atomic E-state index is 10.6. The van der Waals surface area contributed by atoms with Gasteiger partial charge >= 0.3 is 0 Å². The SMILES string of the molecule is CCNC1CCc2c(OCC3(O)CCCCC3)cccc21. The van der Waals surface area contributed by atoms with E-state index in [1.165, 1.54) is 17.5 Å². The van der Waals surface area contributed by atoms with Crippen molar-refractivity contribution in [1.29, 1.82) is 0 Å². The van der Waals surface area contributed by atoms with E-state index in [4.69, 9.17) is 4.74 Å². The van der Waals surface area contributed by atoms with Gasteiger partial charge in [0.25, 0.3) is 0 Å². The number of rotatable bonds is 5. The summed E-state index contributed by atoms with van der Waals surface area (Å²) in [6.45, 7) is 3.58. The summed E-state index contributed by atoms with van der Waals surface area (Å²) < 4.78 is 6.04. The van der Waals surface area contributed by atoms with Crippen molar-refractivity contribution < 1.29 is 9.84 Å². The molecule has 1 atom stereocenters. The van der Waals surface area contributed by atoms with Crippen LogP contribution in [0.4, 0.5) is 0 Å². The fourth-order valence-corrected chi connectivity index (χ4v) is 3.78. The summed E-state index contributed by atoms with van der Waals surface area (Å²) in [6.07, 6.45) is 7.46. The molecule has 3 rings (SSSR count). The second-order valence-electron chi connectivity index (χ2n) is 6.55. The summed E-state index contributed by atoms with van der Waals surface area (Å²) in [6, 6.07) is 6.80. The maximum Gasteiger partial charge on any atom is 0.122 e. The molecule has 116 valence electrons. The Hall–Kier alpha value is -1.06. The van der Waals surface area contributed by atoms with Crippen molar-refractivity contribution in [2.75, 3.05) is 13.2 Å². The minimum atomic E-state index is -0.610. The standard InChI is InChI=1S/C18H27NO2/c1-2-19-16-10-9-15-14(16)7-6-8-17(15)21-13-18(20)11-4-3-5-12-18/h6-8,16,19-20H,2-5,9-13H2,1H3. The van der Waals surface area contributed by atoms with Crippen molar-refractivity contribution in [3.63, 3.8) is 0 Å². The molecule has 0 bridgehead atoms. The van der Waals surface area contributed by atoms with Gasteiger partial charge in [0.15, 0.2) is 0 Å². The van der Waals surface area contributed by atoms with Gasteiger partial charge < -0.3 is 15.2 Å². The summed E-state index contributed by atoms with van der Waals surface area (Å²) in [5.41, 5.74) is 2.11. The number of hydrogen-bond donors (Lipinski definition) is 2. The Morgan fingerprint density at radius 3 is 2.86 bits per heavy atom. The lowest BCUT2D eigenvalue weighted by molar-refractivity contribution is -0.0340. The van der Waals surface area contributed by atoms with Gasteiger partial charge in [0, 0.05) is 6.04 Å². The van der Waals surface area contributed by atoms with Crippen LogP contribution in [0.3, 0.4) is 0 Å². The molecule has 3 heteroatoms. The van der Waals surface area contributed by atoms with Crippen molar-refractivity contribution in [3.8, 4) is 5.75 Å². The average molecular weight is 289 g/mol. The number of nitrogens with one attached hydrogen (secondary N) is 1. The van der Waals surface area contributed by atoms with Crippen molar-refractivity contribution in [3.05, 3.63) is 29.3 Å². The van der Waals surface area contributed by atoms with E-state index in [-0.39, 0.29) is 0 Å². The lowest BCUT2D eigenvalue weighted by Gasteiger charge is -2.32. The third-order valence-electron chi connectivity index (χ3n) is 4.96. The zero-order valence-electron chi connectivity index (χ0n) is 13.0. The van der Waals surface area contributed by atoms with Crippen LogP contribution in [0.1, 0.15) is 62.6 Å². The van der Waals surface area contributed by atoms with Crippen LogP contribution in [-0.2, 0) is 6.42 Å². The zero-order chi connectivity index (χ0) is 14.7. The largest absolute Gasteiger partial charge is 0.490 e. The molecule has 0 heterocycles. The first kappa shape index (κ1) is 14.9. The lowest BCUT2D eigenvalue weighted by atomic mass is 9.85. The molecule has 0 aromatic heterocycles. The van der Waals surface area contributed by atoms with E-state index in [0.29, 0.717) is 12.6 Å².